The van der Waals surface area contributed by atoms with Crippen LogP contribution in [0.4, 0.5) is 11.5 Å². The number of pyridine rings is 2. The molecule has 68 heavy (non-hydrogen) atoms. The summed E-state index contributed by atoms with van der Waals surface area (Å²) in [7, 11) is 0. The molecule has 0 radical (unpaired) electrons. The molecule has 1 aliphatic rings. The number of fused-ring (bicyclic) bond motifs is 10. The molecule has 0 spiro atoms. The SMILES string of the molecule is [2H]C([2H])([2H])c1cc(-c2cccc3c4ccccc4c4ccccc4c4cccc5c4n(c23)CN5c2cc(Oc3ccc4c5ccccc5n(-c5cc(C(C)(C)C)ccn5)c4c3)ccn2)cc(C(C)(C)C)c1. The third-order valence-corrected chi connectivity index (χ3v) is 13.7. The highest BCUT2D eigenvalue weighted by atomic mass is 16.5. The summed E-state index contributed by atoms with van der Waals surface area (Å²) in [6.45, 7) is 11.2. The van der Waals surface area contributed by atoms with Gasteiger partial charge in [0.15, 0.2) is 0 Å². The van der Waals surface area contributed by atoms with E-state index in [9.17, 15) is 0 Å². The normalized spacial score (nSPS) is 13.7. The van der Waals surface area contributed by atoms with Crippen molar-refractivity contribution in [3.05, 3.63) is 199 Å². The molecule has 0 saturated carbocycles. The molecular weight excluding hydrogens is 831 g/mol. The van der Waals surface area contributed by atoms with Gasteiger partial charge in [-0.2, -0.15) is 0 Å². The number of anilines is 2. The second kappa shape index (κ2) is 15.6. The molecule has 7 aromatic carbocycles. The number of ether oxygens (including phenoxy) is 1. The van der Waals surface area contributed by atoms with E-state index in [4.69, 9.17) is 18.8 Å². The molecule has 6 heteroatoms. The minimum absolute atomic E-state index is 0.0429. The van der Waals surface area contributed by atoms with Gasteiger partial charge in [-0.05, 0) is 98.4 Å². The van der Waals surface area contributed by atoms with Crippen LogP contribution in [0, 0.1) is 6.85 Å². The second-order valence-electron chi connectivity index (χ2n) is 20.1. The van der Waals surface area contributed by atoms with E-state index in [1.807, 2.05) is 42.7 Å². The molecule has 0 unspecified atom stereocenters. The van der Waals surface area contributed by atoms with Gasteiger partial charge in [-0.1, -0.05) is 162 Å². The minimum atomic E-state index is -2.30. The fourth-order valence-corrected chi connectivity index (χ4v) is 10.3. The zero-order valence-corrected chi connectivity index (χ0v) is 39.2. The van der Waals surface area contributed by atoms with E-state index in [-0.39, 0.29) is 10.8 Å². The molecule has 6 nitrogen and oxygen atoms in total. The summed E-state index contributed by atoms with van der Waals surface area (Å²) in [4.78, 5) is 12.2. The van der Waals surface area contributed by atoms with Crippen molar-refractivity contribution in [1.29, 1.82) is 0 Å². The Morgan fingerprint density at radius 2 is 1.09 bits per heavy atom. The van der Waals surface area contributed by atoms with Crippen molar-refractivity contribution < 1.29 is 8.85 Å². The maximum atomic E-state index is 8.60. The summed E-state index contributed by atoms with van der Waals surface area (Å²) >= 11 is 0. The summed E-state index contributed by atoms with van der Waals surface area (Å²) in [5, 5.41) is 8.88. The molecule has 5 heterocycles. The lowest BCUT2D eigenvalue weighted by Crippen LogP contribution is -2.16. The summed E-state index contributed by atoms with van der Waals surface area (Å²) in [6, 6.07) is 59.1. The average Bonchev–Trinajstić information content (AvgIpc) is 3.92. The smallest absolute Gasteiger partial charge is 0.138 e. The Labute approximate surface area is 401 Å². The van der Waals surface area contributed by atoms with Crippen LogP contribution in [0.2, 0.25) is 0 Å². The highest BCUT2D eigenvalue weighted by Gasteiger charge is 2.27. The number of benzene rings is 7. The zero-order chi connectivity index (χ0) is 49.0. The van der Waals surface area contributed by atoms with Crippen molar-refractivity contribution in [1.82, 2.24) is 19.1 Å². The number of aryl methyl sites for hydroxylation is 1. The van der Waals surface area contributed by atoms with E-state index in [0.717, 1.165) is 99.2 Å². The molecule has 0 aliphatic carbocycles. The first-order valence-corrected chi connectivity index (χ1v) is 23.4. The Kier molecular flexibility index (Phi) is 8.74. The largest absolute Gasteiger partial charge is 0.457 e. The van der Waals surface area contributed by atoms with Gasteiger partial charge >= 0.3 is 0 Å². The van der Waals surface area contributed by atoms with Crippen LogP contribution < -0.4 is 9.64 Å². The standard InChI is InChI=1S/C62H53N5O/c1-39-32-40(34-42(33-39)62(5,6)7)45-21-14-22-52-48-18-10-8-16-46(48)47-17-9-11-19-49(47)53-23-15-25-55-60(53)66(59(45)52)38-65(55)57-37-44(29-31-63-57)68-43-26-27-51-50-20-12-13-24-54(50)67(56(51)36-43)58-35-41(28-30-64-58)61(2,3)4/h8-37H,38H2,1-7H3/i1D3. The second-order valence-corrected chi connectivity index (χ2v) is 20.1. The zero-order valence-electron chi connectivity index (χ0n) is 42.2. The van der Waals surface area contributed by atoms with Crippen LogP contribution >= 0.6 is 0 Å². The molecule has 0 fully saturated rings. The van der Waals surface area contributed by atoms with Crippen LogP contribution in [0.25, 0.3) is 82.1 Å². The summed E-state index contributed by atoms with van der Waals surface area (Å²) in [5.74, 6) is 2.93. The molecule has 0 N–H and O–H groups in total. The Bertz CT molecular complexity index is 4010. The Morgan fingerprint density at radius 3 is 1.81 bits per heavy atom. The number of rotatable bonds is 5. The number of aromatic nitrogens is 4. The minimum Gasteiger partial charge on any atom is -0.457 e. The molecule has 0 saturated heterocycles. The topological polar surface area (TPSA) is 48.1 Å². The van der Waals surface area contributed by atoms with Crippen LogP contribution in [-0.2, 0) is 17.5 Å². The number of hydrogen-bond acceptors (Lipinski definition) is 4. The van der Waals surface area contributed by atoms with Crippen molar-refractivity contribution in [2.24, 2.45) is 0 Å². The molecule has 332 valence electrons. The van der Waals surface area contributed by atoms with Crippen molar-refractivity contribution in [3.8, 4) is 28.4 Å². The van der Waals surface area contributed by atoms with Gasteiger partial charge in [0.25, 0.3) is 0 Å². The van der Waals surface area contributed by atoms with Crippen molar-refractivity contribution in [2.75, 3.05) is 4.90 Å². The van der Waals surface area contributed by atoms with E-state index in [2.05, 4.69) is 195 Å². The van der Waals surface area contributed by atoms with Crippen LogP contribution in [0.1, 0.15) is 62.3 Å². The summed E-state index contributed by atoms with van der Waals surface area (Å²) in [6.07, 6.45) is 3.72. The highest BCUT2D eigenvalue weighted by molar-refractivity contribution is 6.22. The Balaban J connectivity index is 1.06. The van der Waals surface area contributed by atoms with E-state index < -0.39 is 6.85 Å². The molecule has 4 aromatic heterocycles. The fraction of sp³-hybridized carbons (Fsp3) is 0.161. The highest BCUT2D eigenvalue weighted by Crippen LogP contribution is 2.45. The lowest BCUT2D eigenvalue weighted by atomic mass is 9.84. The number of hydrogen-bond donors (Lipinski definition) is 0. The van der Waals surface area contributed by atoms with E-state index in [0.29, 0.717) is 23.7 Å². The van der Waals surface area contributed by atoms with E-state index >= 15 is 0 Å². The molecule has 1 aliphatic heterocycles. The lowest BCUT2D eigenvalue weighted by Gasteiger charge is -2.22. The van der Waals surface area contributed by atoms with Crippen LogP contribution in [0.3, 0.4) is 0 Å². The van der Waals surface area contributed by atoms with Gasteiger partial charge in [0.05, 0.1) is 27.8 Å². The van der Waals surface area contributed by atoms with Crippen molar-refractivity contribution in [2.45, 2.75) is 65.9 Å². The van der Waals surface area contributed by atoms with Gasteiger partial charge in [-0.15, -0.1) is 0 Å². The first-order chi connectivity index (χ1) is 34.1. The molecule has 0 amide bonds. The average molecular weight is 887 g/mol. The van der Waals surface area contributed by atoms with Gasteiger partial charge in [0.2, 0.25) is 0 Å². The number of nitrogens with zero attached hydrogens (tertiary/aromatic N) is 5. The van der Waals surface area contributed by atoms with Crippen molar-refractivity contribution >= 4 is 76.7 Å². The summed E-state index contributed by atoms with van der Waals surface area (Å²) in [5.41, 5.74) is 9.07. The van der Waals surface area contributed by atoms with Gasteiger partial charge in [0, 0.05) is 55.7 Å². The van der Waals surface area contributed by atoms with Crippen LogP contribution in [0.5, 0.6) is 11.5 Å². The van der Waals surface area contributed by atoms with Crippen LogP contribution in [0.15, 0.2) is 182 Å². The predicted octanol–water partition coefficient (Wildman–Crippen LogP) is 16.6. The lowest BCUT2D eigenvalue weighted by molar-refractivity contribution is 0.482. The Morgan fingerprint density at radius 1 is 0.485 bits per heavy atom. The van der Waals surface area contributed by atoms with E-state index in [1.165, 1.54) is 5.56 Å². The monoisotopic (exact) mass is 886 g/mol. The molecular formula is C62H53N5O. The van der Waals surface area contributed by atoms with Gasteiger partial charge in [0.1, 0.15) is 29.8 Å². The first-order valence-electron chi connectivity index (χ1n) is 24.9. The molecule has 12 rings (SSSR count). The number of para-hydroxylation sites is 3. The molecule has 0 atom stereocenters. The van der Waals surface area contributed by atoms with E-state index in [1.54, 1.807) is 0 Å². The van der Waals surface area contributed by atoms with Gasteiger partial charge in [-0.3, -0.25) is 4.57 Å². The predicted molar refractivity (Wildman–Crippen MR) is 285 cm³/mol. The Hall–Kier alpha value is -7.96. The maximum Gasteiger partial charge on any atom is 0.138 e. The third-order valence-electron chi connectivity index (χ3n) is 13.7. The fourth-order valence-electron chi connectivity index (χ4n) is 10.3. The molecule has 0 bridgehead atoms. The quantitative estimate of drug-likeness (QED) is 0.173. The first kappa shape index (κ1) is 38.2. The van der Waals surface area contributed by atoms with Crippen molar-refractivity contribution in [3.63, 3.8) is 0 Å². The molecule has 11 aromatic rings. The summed E-state index contributed by atoms with van der Waals surface area (Å²) < 4.78 is 37.3. The van der Waals surface area contributed by atoms with Crippen LogP contribution in [-0.4, -0.2) is 19.1 Å². The van der Waals surface area contributed by atoms with Gasteiger partial charge < -0.3 is 14.2 Å². The maximum absolute atomic E-state index is 8.60. The third kappa shape index (κ3) is 6.85. The van der Waals surface area contributed by atoms with Gasteiger partial charge in [-0.25, -0.2) is 9.97 Å².